The standard InChI is InChI=1S/C13H17ClN2O2/c1-16(13(17)10-6-15-7-10)8-9-5-11(14)3-4-12(9)18-2/h3-5,10,15H,6-8H2,1-2H3. The van der Waals surface area contributed by atoms with Crippen LogP contribution in [0.15, 0.2) is 18.2 Å². The van der Waals surface area contributed by atoms with Crippen LogP contribution in [0.4, 0.5) is 0 Å². The molecule has 0 aromatic heterocycles. The molecule has 2 rings (SSSR count). The smallest absolute Gasteiger partial charge is 0.228 e. The molecule has 4 nitrogen and oxygen atoms in total. The van der Waals surface area contributed by atoms with Gasteiger partial charge in [-0.05, 0) is 18.2 Å². The number of hydrogen-bond acceptors (Lipinski definition) is 3. The topological polar surface area (TPSA) is 41.6 Å². The zero-order valence-corrected chi connectivity index (χ0v) is 11.3. The molecule has 1 heterocycles. The van der Waals surface area contributed by atoms with Crippen LogP contribution in [0.5, 0.6) is 5.75 Å². The summed E-state index contributed by atoms with van der Waals surface area (Å²) in [5.74, 6) is 1.03. The maximum Gasteiger partial charge on any atom is 0.228 e. The van der Waals surface area contributed by atoms with Crippen LogP contribution in [0.2, 0.25) is 5.02 Å². The van der Waals surface area contributed by atoms with Crippen molar-refractivity contribution in [1.82, 2.24) is 10.2 Å². The molecular formula is C13H17ClN2O2. The number of nitrogens with one attached hydrogen (secondary N) is 1. The van der Waals surface area contributed by atoms with Crippen LogP contribution in [0.3, 0.4) is 0 Å². The molecule has 98 valence electrons. The molecule has 0 aliphatic carbocycles. The van der Waals surface area contributed by atoms with Crippen LogP contribution in [0.25, 0.3) is 0 Å². The van der Waals surface area contributed by atoms with E-state index in [0.29, 0.717) is 11.6 Å². The van der Waals surface area contributed by atoms with Gasteiger partial charge >= 0.3 is 0 Å². The Bertz CT molecular complexity index is 447. The molecular weight excluding hydrogens is 252 g/mol. The van der Waals surface area contributed by atoms with Gasteiger partial charge in [-0.1, -0.05) is 11.6 Å². The quantitative estimate of drug-likeness (QED) is 0.900. The molecule has 0 atom stereocenters. The maximum atomic E-state index is 12.0. The molecule has 1 fully saturated rings. The fraction of sp³-hybridized carbons (Fsp3) is 0.462. The Hall–Kier alpha value is -1.26. The van der Waals surface area contributed by atoms with Gasteiger partial charge in [-0.25, -0.2) is 0 Å². The van der Waals surface area contributed by atoms with Gasteiger partial charge in [0, 0.05) is 37.3 Å². The first-order valence-corrected chi connectivity index (χ1v) is 6.27. The number of halogens is 1. The third-order valence-electron chi connectivity index (χ3n) is 3.16. The third kappa shape index (κ3) is 2.76. The van der Waals surface area contributed by atoms with E-state index in [0.717, 1.165) is 24.4 Å². The van der Waals surface area contributed by atoms with E-state index in [9.17, 15) is 4.79 Å². The number of carbonyl (C=O) groups excluding carboxylic acids is 1. The SMILES string of the molecule is COc1ccc(Cl)cc1CN(C)C(=O)C1CNC1. The molecule has 0 radical (unpaired) electrons. The predicted octanol–water partition coefficient (Wildman–Crippen LogP) is 1.53. The van der Waals surface area contributed by atoms with Crippen molar-refractivity contribution in [2.75, 3.05) is 27.2 Å². The summed E-state index contributed by atoms with van der Waals surface area (Å²) in [5, 5.41) is 3.75. The zero-order chi connectivity index (χ0) is 13.1. The van der Waals surface area contributed by atoms with E-state index >= 15 is 0 Å². The van der Waals surface area contributed by atoms with Gasteiger partial charge in [-0.2, -0.15) is 0 Å². The summed E-state index contributed by atoms with van der Waals surface area (Å²) in [7, 11) is 3.42. The highest BCUT2D eigenvalue weighted by Gasteiger charge is 2.27. The average molecular weight is 269 g/mol. The Kier molecular flexibility index (Phi) is 4.09. The van der Waals surface area contributed by atoms with Crippen molar-refractivity contribution >= 4 is 17.5 Å². The van der Waals surface area contributed by atoms with Crippen LogP contribution in [0, 0.1) is 5.92 Å². The Morgan fingerprint density at radius 1 is 1.56 bits per heavy atom. The first-order valence-electron chi connectivity index (χ1n) is 5.90. The Labute approximate surface area is 112 Å². The van der Waals surface area contributed by atoms with Crippen LogP contribution in [0.1, 0.15) is 5.56 Å². The second kappa shape index (κ2) is 5.59. The third-order valence-corrected chi connectivity index (χ3v) is 3.39. The minimum atomic E-state index is 0.111. The molecule has 1 aliphatic heterocycles. The van der Waals surface area contributed by atoms with Crippen molar-refractivity contribution in [3.8, 4) is 5.75 Å². The number of ether oxygens (including phenoxy) is 1. The molecule has 1 saturated heterocycles. The van der Waals surface area contributed by atoms with E-state index in [1.54, 1.807) is 25.1 Å². The largest absolute Gasteiger partial charge is 0.496 e. The summed E-state index contributed by atoms with van der Waals surface area (Å²) in [6.07, 6.45) is 0. The lowest BCUT2D eigenvalue weighted by Crippen LogP contribution is -2.51. The summed E-state index contributed by atoms with van der Waals surface area (Å²) in [4.78, 5) is 13.7. The first-order chi connectivity index (χ1) is 8.61. The number of methoxy groups -OCH3 is 1. The highest BCUT2D eigenvalue weighted by molar-refractivity contribution is 6.30. The highest BCUT2D eigenvalue weighted by atomic mass is 35.5. The van der Waals surface area contributed by atoms with Crippen LogP contribution in [-0.4, -0.2) is 38.1 Å². The summed E-state index contributed by atoms with van der Waals surface area (Å²) in [6, 6.07) is 5.44. The molecule has 1 aromatic carbocycles. The van der Waals surface area contributed by atoms with E-state index in [2.05, 4.69) is 5.32 Å². The lowest BCUT2D eigenvalue weighted by Gasteiger charge is -2.30. The Balaban J connectivity index is 2.07. The number of nitrogens with zero attached hydrogens (tertiary/aromatic N) is 1. The van der Waals surface area contributed by atoms with Gasteiger partial charge in [0.15, 0.2) is 0 Å². The highest BCUT2D eigenvalue weighted by Crippen LogP contribution is 2.24. The van der Waals surface area contributed by atoms with Gasteiger partial charge < -0.3 is 15.0 Å². The molecule has 1 aliphatic rings. The van der Waals surface area contributed by atoms with Crippen molar-refractivity contribution in [3.63, 3.8) is 0 Å². The van der Waals surface area contributed by atoms with E-state index in [4.69, 9.17) is 16.3 Å². The lowest BCUT2D eigenvalue weighted by molar-refractivity contribution is -0.136. The second-order valence-corrected chi connectivity index (χ2v) is 4.94. The zero-order valence-electron chi connectivity index (χ0n) is 10.6. The lowest BCUT2D eigenvalue weighted by atomic mass is 10.0. The minimum Gasteiger partial charge on any atom is -0.496 e. The van der Waals surface area contributed by atoms with Gasteiger partial charge in [0.25, 0.3) is 0 Å². The summed E-state index contributed by atoms with van der Waals surface area (Å²) in [6.45, 7) is 2.06. The molecule has 1 aromatic rings. The molecule has 0 unspecified atom stereocenters. The van der Waals surface area contributed by atoms with Crippen LogP contribution in [-0.2, 0) is 11.3 Å². The van der Waals surface area contributed by atoms with Crippen molar-refractivity contribution in [2.24, 2.45) is 5.92 Å². The first kappa shape index (κ1) is 13.2. The normalized spacial score (nSPS) is 15.1. The number of rotatable bonds is 4. The minimum absolute atomic E-state index is 0.111. The van der Waals surface area contributed by atoms with E-state index in [1.807, 2.05) is 12.1 Å². The van der Waals surface area contributed by atoms with E-state index in [1.165, 1.54) is 0 Å². The molecule has 0 bridgehead atoms. The molecule has 18 heavy (non-hydrogen) atoms. The molecule has 1 amide bonds. The van der Waals surface area contributed by atoms with Crippen molar-refractivity contribution in [3.05, 3.63) is 28.8 Å². The number of amides is 1. The van der Waals surface area contributed by atoms with Gasteiger partial charge in [0.05, 0.1) is 13.0 Å². The van der Waals surface area contributed by atoms with Crippen LogP contribution < -0.4 is 10.1 Å². The van der Waals surface area contributed by atoms with E-state index < -0.39 is 0 Å². The fourth-order valence-electron chi connectivity index (χ4n) is 1.98. The second-order valence-electron chi connectivity index (χ2n) is 4.51. The summed E-state index contributed by atoms with van der Waals surface area (Å²) < 4.78 is 5.27. The maximum absolute atomic E-state index is 12.0. The van der Waals surface area contributed by atoms with Crippen LogP contribution >= 0.6 is 11.6 Å². The number of hydrogen-bond donors (Lipinski definition) is 1. The monoisotopic (exact) mass is 268 g/mol. The van der Waals surface area contributed by atoms with Gasteiger partial charge in [-0.3, -0.25) is 4.79 Å². The number of benzene rings is 1. The average Bonchev–Trinajstić information content (AvgIpc) is 2.27. The van der Waals surface area contributed by atoms with Crippen molar-refractivity contribution < 1.29 is 9.53 Å². The molecule has 1 N–H and O–H groups in total. The Morgan fingerprint density at radius 2 is 2.28 bits per heavy atom. The molecule has 0 spiro atoms. The fourth-order valence-corrected chi connectivity index (χ4v) is 2.17. The van der Waals surface area contributed by atoms with Gasteiger partial charge in [0.1, 0.15) is 5.75 Å². The van der Waals surface area contributed by atoms with Crippen molar-refractivity contribution in [1.29, 1.82) is 0 Å². The summed E-state index contributed by atoms with van der Waals surface area (Å²) >= 11 is 5.97. The van der Waals surface area contributed by atoms with E-state index in [-0.39, 0.29) is 11.8 Å². The predicted molar refractivity (Wildman–Crippen MR) is 70.8 cm³/mol. The van der Waals surface area contributed by atoms with Crippen molar-refractivity contribution in [2.45, 2.75) is 6.54 Å². The summed E-state index contributed by atoms with van der Waals surface area (Å²) in [5.41, 5.74) is 0.924. The molecule has 0 saturated carbocycles. The van der Waals surface area contributed by atoms with Gasteiger partial charge in [-0.15, -0.1) is 0 Å². The number of carbonyl (C=O) groups is 1. The molecule has 5 heteroatoms. The van der Waals surface area contributed by atoms with Gasteiger partial charge in [0.2, 0.25) is 5.91 Å². The Morgan fingerprint density at radius 3 is 2.83 bits per heavy atom.